The van der Waals surface area contributed by atoms with Crippen molar-refractivity contribution in [2.75, 3.05) is 25.5 Å². The van der Waals surface area contributed by atoms with Crippen LogP contribution in [0.15, 0.2) is 48.5 Å². The van der Waals surface area contributed by atoms with Crippen molar-refractivity contribution in [3.8, 4) is 0 Å². The number of nitrogens with one attached hydrogen (secondary N) is 1. The third-order valence-electron chi connectivity index (χ3n) is 5.49. The standard InChI is InChI=1S/C24H30N2O2/c1-24(2,3)20-10-8-17(9-11-20)22(27)19-6-5-7-21(16-19)25-23(28)18-12-14-26(4)15-13-18/h5-11,16,18H,12-15H2,1-4H3,(H,25,28). The van der Waals surface area contributed by atoms with Crippen LogP contribution in [0.1, 0.15) is 55.1 Å². The van der Waals surface area contributed by atoms with Gasteiger partial charge in [0.25, 0.3) is 0 Å². The summed E-state index contributed by atoms with van der Waals surface area (Å²) in [5, 5.41) is 2.99. The van der Waals surface area contributed by atoms with E-state index >= 15 is 0 Å². The van der Waals surface area contributed by atoms with Crippen LogP contribution in [0.25, 0.3) is 0 Å². The van der Waals surface area contributed by atoms with Crippen LogP contribution in [0.5, 0.6) is 0 Å². The number of nitrogens with zero attached hydrogens (tertiary/aromatic N) is 1. The number of ketones is 1. The van der Waals surface area contributed by atoms with Crippen LogP contribution in [0.3, 0.4) is 0 Å². The SMILES string of the molecule is CN1CCC(C(=O)Nc2cccc(C(=O)c3ccc(C(C)(C)C)cc3)c2)CC1. The Morgan fingerprint density at radius 2 is 1.61 bits per heavy atom. The second kappa shape index (κ2) is 8.27. The lowest BCUT2D eigenvalue weighted by Gasteiger charge is -2.28. The Bertz CT molecular complexity index is 842. The van der Waals surface area contributed by atoms with E-state index in [4.69, 9.17) is 0 Å². The third-order valence-corrected chi connectivity index (χ3v) is 5.49. The van der Waals surface area contributed by atoms with E-state index in [-0.39, 0.29) is 23.0 Å². The maximum absolute atomic E-state index is 12.9. The second-order valence-electron chi connectivity index (χ2n) is 8.80. The van der Waals surface area contributed by atoms with Gasteiger partial charge in [0.2, 0.25) is 5.91 Å². The van der Waals surface area contributed by atoms with Crippen LogP contribution in [0.4, 0.5) is 5.69 Å². The van der Waals surface area contributed by atoms with Gasteiger partial charge in [0.15, 0.2) is 5.78 Å². The van der Waals surface area contributed by atoms with Crippen molar-refractivity contribution in [1.29, 1.82) is 0 Å². The fraction of sp³-hybridized carbons (Fsp3) is 0.417. The molecule has 3 rings (SSSR count). The molecule has 4 heteroatoms. The highest BCUT2D eigenvalue weighted by Gasteiger charge is 2.23. The summed E-state index contributed by atoms with van der Waals surface area (Å²) in [4.78, 5) is 27.7. The largest absolute Gasteiger partial charge is 0.326 e. The van der Waals surface area contributed by atoms with E-state index in [1.807, 2.05) is 36.4 Å². The van der Waals surface area contributed by atoms with Crippen molar-refractivity contribution in [1.82, 2.24) is 4.90 Å². The lowest BCUT2D eigenvalue weighted by atomic mass is 9.86. The van der Waals surface area contributed by atoms with Gasteiger partial charge >= 0.3 is 0 Å². The lowest BCUT2D eigenvalue weighted by Crippen LogP contribution is -2.35. The zero-order chi connectivity index (χ0) is 20.3. The first-order valence-electron chi connectivity index (χ1n) is 9.99. The zero-order valence-corrected chi connectivity index (χ0v) is 17.3. The molecule has 1 N–H and O–H groups in total. The minimum absolute atomic E-state index is 0.0316. The van der Waals surface area contributed by atoms with Crippen molar-refractivity contribution in [2.45, 2.75) is 39.0 Å². The van der Waals surface area contributed by atoms with Gasteiger partial charge in [-0.05, 0) is 56.1 Å². The Labute approximate surface area is 167 Å². The fourth-order valence-corrected chi connectivity index (χ4v) is 3.54. The van der Waals surface area contributed by atoms with Crippen molar-refractivity contribution in [2.24, 2.45) is 5.92 Å². The fourth-order valence-electron chi connectivity index (χ4n) is 3.54. The van der Waals surface area contributed by atoms with Crippen molar-refractivity contribution in [3.63, 3.8) is 0 Å². The molecule has 1 amide bonds. The van der Waals surface area contributed by atoms with Crippen LogP contribution in [-0.2, 0) is 10.2 Å². The minimum atomic E-state index is -0.0316. The van der Waals surface area contributed by atoms with Gasteiger partial charge in [-0.15, -0.1) is 0 Å². The van der Waals surface area contributed by atoms with E-state index in [0.717, 1.165) is 25.9 Å². The number of rotatable bonds is 4. The smallest absolute Gasteiger partial charge is 0.227 e. The number of hydrogen-bond acceptors (Lipinski definition) is 3. The first-order chi connectivity index (χ1) is 13.2. The number of piperidine rings is 1. The molecule has 28 heavy (non-hydrogen) atoms. The van der Waals surface area contributed by atoms with E-state index in [1.165, 1.54) is 5.56 Å². The minimum Gasteiger partial charge on any atom is -0.326 e. The molecule has 0 atom stereocenters. The molecule has 0 radical (unpaired) electrons. The molecular weight excluding hydrogens is 348 g/mol. The number of anilines is 1. The predicted molar refractivity (Wildman–Crippen MR) is 114 cm³/mol. The molecule has 0 aliphatic carbocycles. The summed E-state index contributed by atoms with van der Waals surface area (Å²) in [7, 11) is 2.08. The van der Waals surface area contributed by atoms with Crippen LogP contribution in [0, 0.1) is 5.92 Å². The zero-order valence-electron chi connectivity index (χ0n) is 17.3. The molecule has 1 fully saturated rings. The molecule has 4 nitrogen and oxygen atoms in total. The van der Waals surface area contributed by atoms with Crippen LogP contribution < -0.4 is 5.32 Å². The highest BCUT2D eigenvalue weighted by Crippen LogP contribution is 2.24. The molecule has 0 spiro atoms. The highest BCUT2D eigenvalue weighted by molar-refractivity contribution is 6.09. The molecule has 1 saturated heterocycles. The van der Waals surface area contributed by atoms with Crippen LogP contribution in [-0.4, -0.2) is 36.7 Å². The van der Waals surface area contributed by atoms with Gasteiger partial charge in [0.05, 0.1) is 0 Å². The molecule has 2 aromatic carbocycles. The summed E-state index contributed by atoms with van der Waals surface area (Å²) in [6.07, 6.45) is 1.75. The lowest BCUT2D eigenvalue weighted by molar-refractivity contribution is -0.121. The Balaban J connectivity index is 1.70. The van der Waals surface area contributed by atoms with Gasteiger partial charge in [-0.25, -0.2) is 0 Å². The number of hydrogen-bond donors (Lipinski definition) is 1. The van der Waals surface area contributed by atoms with E-state index in [1.54, 1.807) is 12.1 Å². The van der Waals surface area contributed by atoms with Crippen molar-refractivity contribution >= 4 is 17.4 Å². The highest BCUT2D eigenvalue weighted by atomic mass is 16.2. The van der Waals surface area contributed by atoms with E-state index in [9.17, 15) is 9.59 Å². The molecule has 0 saturated carbocycles. The topological polar surface area (TPSA) is 49.4 Å². The van der Waals surface area contributed by atoms with Gasteiger partial charge in [-0.3, -0.25) is 9.59 Å². The summed E-state index contributed by atoms with van der Waals surface area (Å²) in [6.45, 7) is 8.35. The molecule has 2 aromatic rings. The Morgan fingerprint density at radius 1 is 0.964 bits per heavy atom. The molecule has 1 aliphatic heterocycles. The average molecular weight is 379 g/mol. The van der Waals surface area contributed by atoms with Gasteiger partial charge in [-0.2, -0.15) is 0 Å². The summed E-state index contributed by atoms with van der Waals surface area (Å²) >= 11 is 0. The van der Waals surface area contributed by atoms with E-state index in [2.05, 4.69) is 38.0 Å². The quantitative estimate of drug-likeness (QED) is 0.797. The van der Waals surface area contributed by atoms with Crippen molar-refractivity contribution < 1.29 is 9.59 Å². The maximum Gasteiger partial charge on any atom is 0.227 e. The monoisotopic (exact) mass is 378 g/mol. The molecule has 1 aliphatic rings. The predicted octanol–water partition coefficient (Wildman–Crippen LogP) is 4.50. The summed E-state index contributed by atoms with van der Waals surface area (Å²) in [6, 6.07) is 15.0. The molecule has 0 aromatic heterocycles. The van der Waals surface area contributed by atoms with Gasteiger partial charge in [0, 0.05) is 22.7 Å². The third kappa shape index (κ3) is 4.87. The Morgan fingerprint density at radius 3 is 2.21 bits per heavy atom. The molecule has 0 bridgehead atoms. The summed E-state index contributed by atoms with van der Waals surface area (Å²) in [5.74, 6) is 0.0589. The normalized spacial score (nSPS) is 16.0. The molecule has 148 valence electrons. The number of carbonyl (C=O) groups is 2. The van der Waals surface area contributed by atoms with Crippen molar-refractivity contribution in [3.05, 3.63) is 65.2 Å². The van der Waals surface area contributed by atoms with Gasteiger partial charge in [0.1, 0.15) is 0 Å². The number of benzene rings is 2. The first-order valence-corrected chi connectivity index (χ1v) is 9.99. The van der Waals surface area contributed by atoms with Crippen LogP contribution in [0.2, 0.25) is 0 Å². The molecular formula is C24H30N2O2. The van der Waals surface area contributed by atoms with E-state index in [0.29, 0.717) is 16.8 Å². The Hall–Kier alpha value is -2.46. The number of amides is 1. The van der Waals surface area contributed by atoms with Gasteiger partial charge in [-0.1, -0.05) is 57.2 Å². The Kier molecular flexibility index (Phi) is 5.99. The summed E-state index contributed by atoms with van der Waals surface area (Å²) in [5.41, 5.74) is 3.18. The maximum atomic E-state index is 12.9. The molecule has 1 heterocycles. The van der Waals surface area contributed by atoms with E-state index < -0.39 is 0 Å². The summed E-state index contributed by atoms with van der Waals surface area (Å²) < 4.78 is 0. The molecule has 0 unspecified atom stereocenters. The second-order valence-corrected chi connectivity index (χ2v) is 8.80. The number of carbonyl (C=O) groups excluding carboxylic acids is 2. The van der Waals surface area contributed by atoms with Crippen LogP contribution >= 0.6 is 0 Å². The number of likely N-dealkylation sites (tertiary alicyclic amines) is 1. The average Bonchev–Trinajstić information content (AvgIpc) is 2.67. The van der Waals surface area contributed by atoms with Gasteiger partial charge < -0.3 is 10.2 Å². The first kappa shape index (κ1) is 20.3.